The Labute approximate surface area is 105 Å². The zero-order valence-electron chi connectivity index (χ0n) is 9.52. The number of aliphatic hydroxyl groups is 1. The normalized spacial score (nSPS) is 19.1. The second-order valence-electron chi connectivity index (χ2n) is 4.07. The van der Waals surface area contributed by atoms with Gasteiger partial charge in [0.1, 0.15) is 0 Å². The van der Waals surface area contributed by atoms with Gasteiger partial charge in [-0.25, -0.2) is 0 Å². The summed E-state index contributed by atoms with van der Waals surface area (Å²) in [5.74, 6) is -0.948. The molecule has 0 aromatic carbocycles. The van der Waals surface area contributed by atoms with Crippen LogP contribution in [-0.4, -0.2) is 53.1 Å². The van der Waals surface area contributed by atoms with Crippen LogP contribution >= 0.6 is 12.2 Å². The number of nitrogens with one attached hydrogen (secondary N) is 1. The maximum atomic E-state index is 11.7. The van der Waals surface area contributed by atoms with Gasteiger partial charge in [0.2, 0.25) is 0 Å². The van der Waals surface area contributed by atoms with Gasteiger partial charge in [-0.2, -0.15) is 0 Å². The van der Waals surface area contributed by atoms with Crippen LogP contribution in [0.5, 0.6) is 0 Å². The first-order valence-electron chi connectivity index (χ1n) is 5.51. The third-order valence-corrected chi connectivity index (χ3v) is 2.87. The monoisotopic (exact) mass is 259 g/mol. The number of hydrogen-bond acceptors (Lipinski definition) is 4. The number of nitrogens with two attached hydrogens (primary N) is 1. The molecular weight excluding hydrogens is 242 g/mol. The summed E-state index contributed by atoms with van der Waals surface area (Å²) < 4.78 is 0. The van der Waals surface area contributed by atoms with Gasteiger partial charge in [0.15, 0.2) is 0 Å². The van der Waals surface area contributed by atoms with Crippen LogP contribution in [0.2, 0.25) is 0 Å². The molecule has 0 aromatic rings. The second-order valence-corrected chi connectivity index (χ2v) is 4.59. The summed E-state index contributed by atoms with van der Waals surface area (Å²) >= 11 is 4.60. The lowest BCUT2D eigenvalue weighted by Crippen LogP contribution is -2.44. The van der Waals surface area contributed by atoms with Crippen molar-refractivity contribution in [2.24, 2.45) is 11.7 Å². The molecule has 2 amide bonds. The van der Waals surface area contributed by atoms with Crippen molar-refractivity contribution in [1.82, 2.24) is 10.2 Å². The Balaban J connectivity index is 2.38. The average Bonchev–Trinajstić information content (AvgIpc) is 2.74. The van der Waals surface area contributed by atoms with Crippen molar-refractivity contribution in [3.63, 3.8) is 0 Å². The molecule has 1 aliphatic rings. The standard InChI is InChI=1S/C10H17N3O3S/c11-8(17)5-12-9(15)10(16)13-3-1-7(6-13)2-4-14/h7,14H,1-6H2,(H2,11,17)(H,12,15). The van der Waals surface area contributed by atoms with Crippen molar-refractivity contribution in [3.8, 4) is 0 Å². The molecule has 1 fully saturated rings. The second kappa shape index (κ2) is 6.51. The highest BCUT2D eigenvalue weighted by molar-refractivity contribution is 7.80. The molecule has 1 rings (SSSR count). The lowest BCUT2D eigenvalue weighted by Gasteiger charge is -2.15. The molecule has 0 saturated carbocycles. The number of carbonyl (C=O) groups excluding carboxylic acids is 2. The molecule has 0 aliphatic carbocycles. The van der Waals surface area contributed by atoms with E-state index in [0.29, 0.717) is 19.5 Å². The fourth-order valence-corrected chi connectivity index (χ4v) is 1.89. The van der Waals surface area contributed by atoms with E-state index < -0.39 is 11.8 Å². The van der Waals surface area contributed by atoms with E-state index in [1.807, 2.05) is 0 Å². The van der Waals surface area contributed by atoms with Crippen molar-refractivity contribution < 1.29 is 14.7 Å². The van der Waals surface area contributed by atoms with Gasteiger partial charge in [0.05, 0.1) is 11.5 Å². The summed E-state index contributed by atoms with van der Waals surface area (Å²) in [5, 5.41) is 11.2. The van der Waals surface area contributed by atoms with Crippen LogP contribution in [0.4, 0.5) is 0 Å². The third-order valence-electron chi connectivity index (χ3n) is 2.73. The lowest BCUT2D eigenvalue weighted by molar-refractivity contribution is -0.145. The number of thiocarbonyl (C=S) groups is 1. The van der Waals surface area contributed by atoms with E-state index in [9.17, 15) is 9.59 Å². The van der Waals surface area contributed by atoms with Gasteiger partial charge in [0.25, 0.3) is 0 Å². The molecule has 1 aliphatic heterocycles. The molecule has 0 spiro atoms. The molecule has 1 heterocycles. The fraction of sp³-hybridized carbons (Fsp3) is 0.700. The first-order chi connectivity index (χ1) is 8.04. The molecule has 0 bridgehead atoms. The number of aliphatic hydroxyl groups excluding tert-OH is 1. The Morgan fingerprint density at radius 3 is 2.82 bits per heavy atom. The predicted octanol–water partition coefficient (Wildman–Crippen LogP) is -1.38. The summed E-state index contributed by atoms with van der Waals surface area (Å²) in [5.41, 5.74) is 5.22. The maximum absolute atomic E-state index is 11.7. The summed E-state index contributed by atoms with van der Waals surface area (Å²) in [6.45, 7) is 1.23. The van der Waals surface area contributed by atoms with Crippen LogP contribution in [0.15, 0.2) is 0 Å². The zero-order valence-corrected chi connectivity index (χ0v) is 10.3. The van der Waals surface area contributed by atoms with Crippen LogP contribution < -0.4 is 11.1 Å². The van der Waals surface area contributed by atoms with Crippen molar-refractivity contribution in [1.29, 1.82) is 0 Å². The van der Waals surface area contributed by atoms with E-state index in [1.54, 1.807) is 0 Å². The predicted molar refractivity (Wildman–Crippen MR) is 66.2 cm³/mol. The molecule has 96 valence electrons. The fourth-order valence-electron chi connectivity index (χ4n) is 1.82. The van der Waals surface area contributed by atoms with E-state index in [0.717, 1.165) is 6.42 Å². The topological polar surface area (TPSA) is 95.7 Å². The number of rotatable bonds is 4. The molecule has 1 saturated heterocycles. The van der Waals surface area contributed by atoms with E-state index in [1.165, 1.54) is 4.90 Å². The van der Waals surface area contributed by atoms with Gasteiger partial charge in [-0.1, -0.05) is 12.2 Å². The van der Waals surface area contributed by atoms with Crippen LogP contribution in [0, 0.1) is 5.92 Å². The third kappa shape index (κ3) is 4.27. The highest BCUT2D eigenvalue weighted by atomic mass is 32.1. The number of amides is 2. The molecule has 6 nitrogen and oxygen atoms in total. The van der Waals surface area contributed by atoms with Crippen molar-refractivity contribution >= 4 is 29.0 Å². The van der Waals surface area contributed by atoms with Crippen LogP contribution in [-0.2, 0) is 9.59 Å². The number of likely N-dealkylation sites (tertiary alicyclic amines) is 1. The smallest absolute Gasteiger partial charge is 0.311 e. The van der Waals surface area contributed by atoms with E-state index >= 15 is 0 Å². The molecule has 0 aromatic heterocycles. The minimum atomic E-state index is -0.678. The van der Waals surface area contributed by atoms with Crippen molar-refractivity contribution in [2.45, 2.75) is 12.8 Å². The molecule has 1 unspecified atom stereocenters. The first-order valence-corrected chi connectivity index (χ1v) is 5.91. The van der Waals surface area contributed by atoms with E-state index in [-0.39, 0.29) is 24.1 Å². The quantitative estimate of drug-likeness (QED) is 0.427. The Morgan fingerprint density at radius 1 is 1.53 bits per heavy atom. The Kier molecular flexibility index (Phi) is 5.30. The highest BCUT2D eigenvalue weighted by Crippen LogP contribution is 2.18. The summed E-state index contributed by atoms with van der Waals surface area (Å²) in [4.78, 5) is 24.7. The lowest BCUT2D eigenvalue weighted by atomic mass is 10.1. The summed E-state index contributed by atoms with van der Waals surface area (Å²) in [7, 11) is 0. The van der Waals surface area contributed by atoms with Gasteiger partial charge in [-0.3, -0.25) is 9.59 Å². The zero-order chi connectivity index (χ0) is 12.8. The first kappa shape index (κ1) is 13.9. The summed E-state index contributed by atoms with van der Waals surface area (Å²) in [6, 6.07) is 0. The minimum absolute atomic E-state index is 0.0355. The maximum Gasteiger partial charge on any atom is 0.311 e. The Hall–Kier alpha value is -1.21. The highest BCUT2D eigenvalue weighted by Gasteiger charge is 2.29. The molecule has 4 N–H and O–H groups in total. The molecule has 17 heavy (non-hydrogen) atoms. The van der Waals surface area contributed by atoms with Gasteiger partial charge in [-0.15, -0.1) is 0 Å². The number of hydrogen-bond donors (Lipinski definition) is 3. The van der Waals surface area contributed by atoms with Crippen LogP contribution in [0.1, 0.15) is 12.8 Å². The molecular formula is C10H17N3O3S. The molecule has 7 heteroatoms. The Morgan fingerprint density at radius 2 is 2.24 bits per heavy atom. The van der Waals surface area contributed by atoms with E-state index in [2.05, 4.69) is 17.5 Å². The van der Waals surface area contributed by atoms with Crippen LogP contribution in [0.3, 0.4) is 0 Å². The van der Waals surface area contributed by atoms with Gasteiger partial charge in [0, 0.05) is 19.7 Å². The minimum Gasteiger partial charge on any atom is -0.396 e. The van der Waals surface area contributed by atoms with Gasteiger partial charge >= 0.3 is 11.8 Å². The SMILES string of the molecule is NC(=S)CNC(=O)C(=O)N1CCC(CCO)C1. The van der Waals surface area contributed by atoms with E-state index in [4.69, 9.17) is 10.8 Å². The van der Waals surface area contributed by atoms with Crippen LogP contribution in [0.25, 0.3) is 0 Å². The molecule has 1 atom stereocenters. The van der Waals surface area contributed by atoms with Gasteiger partial charge in [-0.05, 0) is 18.8 Å². The largest absolute Gasteiger partial charge is 0.396 e. The number of carbonyl (C=O) groups is 2. The van der Waals surface area contributed by atoms with Crippen molar-refractivity contribution in [2.75, 3.05) is 26.2 Å². The molecule has 0 radical (unpaired) electrons. The number of nitrogens with zero attached hydrogens (tertiary/aromatic N) is 1. The average molecular weight is 259 g/mol. The van der Waals surface area contributed by atoms with Crippen molar-refractivity contribution in [3.05, 3.63) is 0 Å². The van der Waals surface area contributed by atoms with Gasteiger partial charge < -0.3 is 21.1 Å². The summed E-state index contributed by atoms with van der Waals surface area (Å²) in [6.07, 6.45) is 1.49. The Bertz CT molecular complexity index is 322.